The SMILES string of the molecule is CC(C)(C)OC(=O)Nc1ncc(SCCC2=C(C(=O)OC(c3ccccc3)c3ccccc3)N3C(=O)[C@@H](NC(=O)OC(C)(C)C)[C@H]3SC2)s1. The van der Waals surface area contributed by atoms with E-state index in [2.05, 4.69) is 15.6 Å². The topological polar surface area (TPSA) is 136 Å². The van der Waals surface area contributed by atoms with Crippen molar-refractivity contribution in [2.24, 2.45) is 0 Å². The third-order valence-electron chi connectivity index (χ3n) is 7.08. The Labute approximate surface area is 298 Å². The van der Waals surface area contributed by atoms with Gasteiger partial charge in [-0.15, -0.1) is 23.5 Å². The molecular formula is C35H40N4O7S3. The van der Waals surface area contributed by atoms with Crippen LogP contribution in [0.25, 0.3) is 0 Å². The average Bonchev–Trinajstić information content (AvgIpc) is 3.47. The van der Waals surface area contributed by atoms with Crippen LogP contribution in [0.1, 0.15) is 65.2 Å². The van der Waals surface area contributed by atoms with Crippen LogP contribution in [-0.4, -0.2) is 68.1 Å². The molecule has 3 aromatic rings. The van der Waals surface area contributed by atoms with Crippen LogP contribution in [0.4, 0.5) is 14.7 Å². The van der Waals surface area contributed by atoms with Crippen LogP contribution in [-0.2, 0) is 23.8 Å². The molecule has 0 unspecified atom stereocenters. The summed E-state index contributed by atoms with van der Waals surface area (Å²) in [5.74, 6) is 0.0140. The van der Waals surface area contributed by atoms with Gasteiger partial charge in [-0.2, -0.15) is 0 Å². The first-order chi connectivity index (χ1) is 23.2. The van der Waals surface area contributed by atoms with Gasteiger partial charge in [0.1, 0.15) is 28.3 Å². The summed E-state index contributed by atoms with van der Waals surface area (Å²) in [5, 5.41) is 5.26. The first kappa shape index (κ1) is 36.3. The van der Waals surface area contributed by atoms with E-state index in [1.807, 2.05) is 60.7 Å². The number of alkyl carbamates (subject to hydrolysis) is 1. The van der Waals surface area contributed by atoms with Gasteiger partial charge in [0.25, 0.3) is 5.91 Å². The van der Waals surface area contributed by atoms with Crippen molar-refractivity contribution < 1.29 is 33.4 Å². The monoisotopic (exact) mass is 724 g/mol. The van der Waals surface area contributed by atoms with Crippen LogP contribution in [0.5, 0.6) is 0 Å². The van der Waals surface area contributed by atoms with Gasteiger partial charge in [-0.25, -0.2) is 19.4 Å². The first-order valence-electron chi connectivity index (χ1n) is 15.7. The number of nitrogens with zero attached hydrogens (tertiary/aromatic N) is 2. The number of thiazole rings is 1. The van der Waals surface area contributed by atoms with Gasteiger partial charge in [0, 0.05) is 11.5 Å². The number of anilines is 1. The lowest BCUT2D eigenvalue weighted by Crippen LogP contribution is -2.70. The lowest BCUT2D eigenvalue weighted by atomic mass is 10.00. The third-order valence-corrected chi connectivity index (χ3v) is 10.5. The van der Waals surface area contributed by atoms with Crippen molar-refractivity contribution >= 4 is 64.1 Å². The summed E-state index contributed by atoms with van der Waals surface area (Å²) in [4.78, 5) is 58.2. The van der Waals surface area contributed by atoms with Crippen molar-refractivity contribution in [2.45, 2.75) is 80.9 Å². The van der Waals surface area contributed by atoms with Crippen LogP contribution < -0.4 is 10.6 Å². The quantitative estimate of drug-likeness (QED) is 0.0945. The molecule has 1 saturated heterocycles. The summed E-state index contributed by atoms with van der Waals surface area (Å²) in [7, 11) is 0. The molecule has 3 amide bonds. The minimum absolute atomic E-state index is 0.199. The predicted molar refractivity (Wildman–Crippen MR) is 191 cm³/mol. The van der Waals surface area contributed by atoms with E-state index < -0.39 is 52.8 Å². The molecule has 2 aromatic carbocycles. The number of nitrogens with one attached hydrogen (secondary N) is 2. The Balaban J connectivity index is 1.35. The van der Waals surface area contributed by atoms with E-state index in [1.54, 1.807) is 47.7 Å². The van der Waals surface area contributed by atoms with Crippen LogP contribution in [0.2, 0.25) is 0 Å². The molecule has 5 rings (SSSR count). The maximum absolute atomic E-state index is 14.2. The molecule has 11 nitrogen and oxygen atoms in total. The second kappa shape index (κ2) is 15.3. The minimum atomic E-state index is -0.842. The molecule has 3 heterocycles. The number of ether oxygens (including phenoxy) is 3. The number of hydrogen-bond acceptors (Lipinski definition) is 11. The molecule has 0 radical (unpaired) electrons. The van der Waals surface area contributed by atoms with Gasteiger partial charge in [-0.1, -0.05) is 72.0 Å². The maximum Gasteiger partial charge on any atom is 0.413 e. The highest BCUT2D eigenvalue weighted by molar-refractivity contribution is 8.01. The largest absolute Gasteiger partial charge is 0.448 e. The van der Waals surface area contributed by atoms with Gasteiger partial charge in [0.15, 0.2) is 11.2 Å². The average molecular weight is 725 g/mol. The Bertz CT molecular complexity index is 1660. The van der Waals surface area contributed by atoms with Crippen molar-refractivity contribution in [3.05, 3.63) is 89.3 Å². The van der Waals surface area contributed by atoms with E-state index in [1.165, 1.54) is 39.8 Å². The Hall–Kier alpha value is -4.01. The molecule has 2 atom stereocenters. The molecule has 14 heteroatoms. The van der Waals surface area contributed by atoms with Crippen LogP contribution in [0.15, 0.2) is 82.3 Å². The molecule has 49 heavy (non-hydrogen) atoms. The van der Waals surface area contributed by atoms with E-state index in [4.69, 9.17) is 14.2 Å². The lowest BCUT2D eigenvalue weighted by Gasteiger charge is -2.49. The van der Waals surface area contributed by atoms with E-state index >= 15 is 0 Å². The Morgan fingerprint density at radius 1 is 0.939 bits per heavy atom. The second-order valence-corrected chi connectivity index (χ2v) is 16.8. The van der Waals surface area contributed by atoms with Crippen molar-refractivity contribution in [3.8, 4) is 0 Å². The Morgan fingerprint density at radius 3 is 2.12 bits per heavy atom. The fourth-order valence-corrected chi connectivity index (χ4v) is 8.42. The highest BCUT2D eigenvalue weighted by atomic mass is 32.2. The molecule has 2 aliphatic heterocycles. The number of hydrogen-bond donors (Lipinski definition) is 2. The zero-order valence-electron chi connectivity index (χ0n) is 28.2. The zero-order chi connectivity index (χ0) is 35.3. The van der Waals surface area contributed by atoms with Crippen molar-refractivity contribution in [1.82, 2.24) is 15.2 Å². The number of amides is 3. The number of benzene rings is 2. The van der Waals surface area contributed by atoms with Gasteiger partial charge in [-0.3, -0.25) is 15.0 Å². The number of fused-ring (bicyclic) bond motifs is 1. The van der Waals surface area contributed by atoms with Gasteiger partial charge in [-0.05, 0) is 64.7 Å². The standard InChI is InChI=1S/C35H40N4O7S3/c1-34(2,3)45-32(42)37-25-28(40)39-26(30(41)44-27(21-13-9-7-10-14-21)22-15-11-8-12-16-22)23(20-48-29(25)39)17-18-47-24-19-36-31(49-24)38-33(43)46-35(4,5)6/h7-16,19,25,27,29H,17-18,20H2,1-6H3,(H,37,42)(H,36,38,43)/t25-,29-/m1/s1. The molecule has 0 saturated carbocycles. The fraction of sp³-hybridized carbons (Fsp3) is 0.400. The van der Waals surface area contributed by atoms with Crippen LogP contribution >= 0.6 is 34.9 Å². The second-order valence-electron chi connectivity index (χ2n) is 13.3. The van der Waals surface area contributed by atoms with Crippen LogP contribution in [0.3, 0.4) is 0 Å². The summed E-state index contributed by atoms with van der Waals surface area (Å²) < 4.78 is 17.8. The lowest BCUT2D eigenvalue weighted by molar-refractivity contribution is -0.153. The highest BCUT2D eigenvalue weighted by Crippen LogP contribution is 2.43. The third kappa shape index (κ3) is 9.58. The zero-order valence-corrected chi connectivity index (χ0v) is 30.6. The van der Waals surface area contributed by atoms with Gasteiger partial charge >= 0.3 is 18.2 Å². The van der Waals surface area contributed by atoms with Crippen molar-refractivity contribution in [1.29, 1.82) is 0 Å². The van der Waals surface area contributed by atoms with Crippen LogP contribution in [0, 0.1) is 0 Å². The number of carbonyl (C=O) groups is 4. The first-order valence-corrected chi connectivity index (χ1v) is 18.6. The minimum Gasteiger partial charge on any atom is -0.448 e. The number of β-lactam (4-membered cyclic amide) rings is 1. The summed E-state index contributed by atoms with van der Waals surface area (Å²) in [5.41, 5.74) is 1.19. The molecular weight excluding hydrogens is 685 g/mol. The van der Waals surface area contributed by atoms with E-state index in [0.29, 0.717) is 23.1 Å². The van der Waals surface area contributed by atoms with E-state index in [0.717, 1.165) is 20.9 Å². The molecule has 2 aliphatic rings. The molecule has 0 bridgehead atoms. The molecule has 0 spiro atoms. The Morgan fingerprint density at radius 2 is 1.53 bits per heavy atom. The van der Waals surface area contributed by atoms with Crippen molar-refractivity contribution in [2.75, 3.05) is 16.8 Å². The smallest absolute Gasteiger partial charge is 0.413 e. The molecule has 0 aliphatic carbocycles. The Kier molecular flexibility index (Phi) is 11.3. The summed E-state index contributed by atoms with van der Waals surface area (Å²) >= 11 is 4.32. The number of rotatable bonds is 10. The molecule has 1 fully saturated rings. The number of aromatic nitrogens is 1. The van der Waals surface area contributed by atoms with Crippen molar-refractivity contribution in [3.63, 3.8) is 0 Å². The number of carbonyl (C=O) groups excluding carboxylic acids is 4. The summed E-state index contributed by atoms with van der Waals surface area (Å²) in [6.07, 6.45) is 0.180. The molecule has 2 N–H and O–H groups in total. The predicted octanol–water partition coefficient (Wildman–Crippen LogP) is 7.37. The molecule has 260 valence electrons. The summed E-state index contributed by atoms with van der Waals surface area (Å²) in [6.45, 7) is 10.6. The number of esters is 1. The summed E-state index contributed by atoms with van der Waals surface area (Å²) in [6, 6.07) is 18.1. The molecule has 1 aromatic heterocycles. The maximum atomic E-state index is 14.2. The normalized spacial score (nSPS) is 17.6. The number of thioether (sulfide) groups is 2. The highest BCUT2D eigenvalue weighted by Gasteiger charge is 2.55. The van der Waals surface area contributed by atoms with E-state index in [-0.39, 0.29) is 5.70 Å². The van der Waals surface area contributed by atoms with E-state index in [9.17, 15) is 19.2 Å². The van der Waals surface area contributed by atoms with Gasteiger partial charge in [0.2, 0.25) is 0 Å². The van der Waals surface area contributed by atoms with Gasteiger partial charge in [0.05, 0.1) is 10.4 Å². The fourth-order valence-electron chi connectivity index (χ4n) is 5.09. The van der Waals surface area contributed by atoms with Gasteiger partial charge < -0.3 is 19.5 Å².